The van der Waals surface area contributed by atoms with Crippen molar-refractivity contribution in [2.24, 2.45) is 0 Å². The van der Waals surface area contributed by atoms with E-state index in [1.54, 1.807) is 37.6 Å². The van der Waals surface area contributed by atoms with Crippen molar-refractivity contribution in [1.29, 1.82) is 0 Å². The van der Waals surface area contributed by atoms with E-state index < -0.39 is 0 Å². The third-order valence-electron chi connectivity index (χ3n) is 4.43. The van der Waals surface area contributed by atoms with Crippen LogP contribution >= 0.6 is 0 Å². The molecule has 0 fully saturated rings. The number of carbonyl (C=O) groups is 2. The van der Waals surface area contributed by atoms with E-state index in [0.29, 0.717) is 30.1 Å². The molecule has 0 bridgehead atoms. The Bertz CT molecular complexity index is 1070. The summed E-state index contributed by atoms with van der Waals surface area (Å²) >= 11 is 0. The summed E-state index contributed by atoms with van der Waals surface area (Å²) in [6.07, 6.45) is 2.09. The number of hydrogen-bond donors (Lipinski definition) is 3. The Morgan fingerprint density at radius 3 is 2.53 bits per heavy atom. The molecule has 32 heavy (non-hydrogen) atoms. The van der Waals surface area contributed by atoms with Crippen LogP contribution in [0.1, 0.15) is 36.8 Å². The lowest BCUT2D eigenvalue weighted by Gasteiger charge is -2.20. The molecule has 0 aliphatic heterocycles. The fraction of sp³-hybridized carbons (Fsp3) is 0.292. The number of anilines is 1. The van der Waals surface area contributed by atoms with Crippen LogP contribution in [0.25, 0.3) is 11.5 Å². The van der Waals surface area contributed by atoms with E-state index in [2.05, 4.69) is 20.9 Å². The van der Waals surface area contributed by atoms with Gasteiger partial charge in [-0.05, 0) is 63.2 Å². The van der Waals surface area contributed by atoms with Gasteiger partial charge < -0.3 is 25.1 Å². The van der Waals surface area contributed by atoms with Crippen molar-refractivity contribution in [3.8, 4) is 17.2 Å². The number of rotatable bonds is 7. The summed E-state index contributed by atoms with van der Waals surface area (Å²) in [5.74, 6) is 1.08. The number of nitrogens with zero attached hydrogens (tertiary/aromatic N) is 1. The number of benzene rings is 2. The minimum atomic E-state index is -0.364. The standard InChI is InChI=1S/C24H28N4O4/c1-24(2,3)28-21(29)17-6-5-7-18(14-17)27-23(30)25-13-12-19-15-32-22(26-19)16-8-10-20(31-4)11-9-16/h5-11,14-15H,12-13H2,1-4H3,(H,28,29)(H2,25,27,30). The van der Waals surface area contributed by atoms with Gasteiger partial charge in [-0.3, -0.25) is 4.79 Å². The Morgan fingerprint density at radius 2 is 1.84 bits per heavy atom. The van der Waals surface area contributed by atoms with E-state index in [4.69, 9.17) is 9.15 Å². The second-order valence-electron chi connectivity index (χ2n) is 8.29. The van der Waals surface area contributed by atoms with Crippen molar-refractivity contribution in [2.75, 3.05) is 19.0 Å². The molecule has 8 heteroatoms. The summed E-state index contributed by atoms with van der Waals surface area (Å²) in [6, 6.07) is 13.9. The van der Waals surface area contributed by atoms with E-state index in [9.17, 15) is 9.59 Å². The zero-order valence-electron chi connectivity index (χ0n) is 18.7. The minimum Gasteiger partial charge on any atom is -0.497 e. The second kappa shape index (κ2) is 10.00. The maximum atomic E-state index is 12.3. The van der Waals surface area contributed by atoms with Crippen LogP contribution in [0.2, 0.25) is 0 Å². The fourth-order valence-electron chi connectivity index (χ4n) is 2.92. The molecule has 3 N–H and O–H groups in total. The molecule has 1 heterocycles. The Balaban J connectivity index is 1.49. The van der Waals surface area contributed by atoms with Gasteiger partial charge in [0.2, 0.25) is 5.89 Å². The van der Waals surface area contributed by atoms with Crippen molar-refractivity contribution >= 4 is 17.6 Å². The highest BCUT2D eigenvalue weighted by Crippen LogP contribution is 2.21. The highest BCUT2D eigenvalue weighted by molar-refractivity contribution is 5.97. The highest BCUT2D eigenvalue weighted by atomic mass is 16.5. The summed E-state index contributed by atoms with van der Waals surface area (Å²) in [5.41, 5.74) is 2.25. The smallest absolute Gasteiger partial charge is 0.319 e. The van der Waals surface area contributed by atoms with Crippen LogP contribution < -0.4 is 20.7 Å². The zero-order valence-corrected chi connectivity index (χ0v) is 18.7. The van der Waals surface area contributed by atoms with E-state index >= 15 is 0 Å². The van der Waals surface area contributed by atoms with Gasteiger partial charge in [0, 0.05) is 35.3 Å². The van der Waals surface area contributed by atoms with Crippen molar-refractivity contribution in [1.82, 2.24) is 15.6 Å². The van der Waals surface area contributed by atoms with Crippen LogP contribution in [0.15, 0.2) is 59.2 Å². The third-order valence-corrected chi connectivity index (χ3v) is 4.43. The van der Waals surface area contributed by atoms with Gasteiger partial charge in [-0.1, -0.05) is 6.07 Å². The van der Waals surface area contributed by atoms with Crippen molar-refractivity contribution in [3.63, 3.8) is 0 Å². The summed E-state index contributed by atoms with van der Waals surface area (Å²) in [7, 11) is 1.61. The quantitative estimate of drug-likeness (QED) is 0.514. The molecule has 0 unspecified atom stereocenters. The summed E-state index contributed by atoms with van der Waals surface area (Å²) in [6.45, 7) is 6.12. The summed E-state index contributed by atoms with van der Waals surface area (Å²) in [5, 5.41) is 8.42. The molecule has 8 nitrogen and oxygen atoms in total. The number of amides is 3. The van der Waals surface area contributed by atoms with Crippen molar-refractivity contribution < 1.29 is 18.7 Å². The number of urea groups is 1. The molecule has 0 aliphatic carbocycles. The number of carbonyl (C=O) groups excluding carboxylic acids is 2. The number of hydrogen-bond acceptors (Lipinski definition) is 5. The fourth-order valence-corrected chi connectivity index (χ4v) is 2.92. The first-order valence-electron chi connectivity index (χ1n) is 10.3. The number of methoxy groups -OCH3 is 1. The van der Waals surface area contributed by atoms with E-state index in [1.807, 2.05) is 45.0 Å². The zero-order chi connectivity index (χ0) is 23.1. The molecule has 3 rings (SSSR count). The molecule has 0 spiro atoms. The van der Waals surface area contributed by atoms with Crippen LogP contribution in [0, 0.1) is 0 Å². The van der Waals surface area contributed by atoms with Gasteiger partial charge in [0.15, 0.2) is 0 Å². The molecule has 0 saturated heterocycles. The maximum Gasteiger partial charge on any atom is 0.319 e. The highest BCUT2D eigenvalue weighted by Gasteiger charge is 2.15. The van der Waals surface area contributed by atoms with Crippen LogP contribution in [-0.4, -0.2) is 36.1 Å². The van der Waals surface area contributed by atoms with Crippen molar-refractivity contribution in [3.05, 3.63) is 66.1 Å². The Hall–Kier alpha value is -3.81. The van der Waals surface area contributed by atoms with E-state index in [1.165, 1.54) is 0 Å². The molecule has 168 valence electrons. The molecule has 3 amide bonds. The Morgan fingerprint density at radius 1 is 1.09 bits per heavy atom. The van der Waals surface area contributed by atoms with Gasteiger partial charge in [0.25, 0.3) is 5.91 Å². The first-order valence-corrected chi connectivity index (χ1v) is 10.3. The molecule has 0 radical (unpaired) electrons. The van der Waals surface area contributed by atoms with Gasteiger partial charge in [-0.25, -0.2) is 9.78 Å². The largest absolute Gasteiger partial charge is 0.497 e. The van der Waals surface area contributed by atoms with Gasteiger partial charge in [0.05, 0.1) is 12.8 Å². The molecule has 0 atom stereocenters. The average molecular weight is 437 g/mol. The Labute approximate surface area is 187 Å². The predicted octanol–water partition coefficient (Wildman–Crippen LogP) is 4.24. The van der Waals surface area contributed by atoms with Gasteiger partial charge >= 0.3 is 6.03 Å². The monoisotopic (exact) mass is 436 g/mol. The predicted molar refractivity (Wildman–Crippen MR) is 123 cm³/mol. The average Bonchev–Trinajstić information content (AvgIpc) is 3.22. The SMILES string of the molecule is COc1ccc(-c2nc(CCNC(=O)Nc3cccc(C(=O)NC(C)(C)C)c3)co2)cc1. The molecular weight excluding hydrogens is 408 g/mol. The number of nitrogens with one attached hydrogen (secondary N) is 3. The molecule has 2 aromatic carbocycles. The molecular formula is C24H28N4O4. The lowest BCUT2D eigenvalue weighted by Crippen LogP contribution is -2.40. The first-order chi connectivity index (χ1) is 15.2. The third kappa shape index (κ3) is 6.60. The van der Waals surface area contributed by atoms with E-state index in [0.717, 1.165) is 17.0 Å². The van der Waals surface area contributed by atoms with Crippen molar-refractivity contribution in [2.45, 2.75) is 32.7 Å². The number of oxazole rings is 1. The topological polar surface area (TPSA) is 105 Å². The van der Waals surface area contributed by atoms with Crippen LogP contribution in [-0.2, 0) is 6.42 Å². The van der Waals surface area contributed by atoms with Gasteiger partial charge in [-0.2, -0.15) is 0 Å². The maximum absolute atomic E-state index is 12.3. The van der Waals surface area contributed by atoms with E-state index in [-0.39, 0.29) is 17.5 Å². The molecule has 3 aromatic rings. The molecule has 0 aliphatic rings. The number of aromatic nitrogens is 1. The Kier molecular flexibility index (Phi) is 7.14. The lowest BCUT2D eigenvalue weighted by atomic mass is 10.1. The molecule has 0 saturated carbocycles. The molecule has 1 aromatic heterocycles. The van der Waals surface area contributed by atoms with Crippen LogP contribution in [0.3, 0.4) is 0 Å². The first kappa shape index (κ1) is 22.9. The number of ether oxygens (including phenoxy) is 1. The normalized spacial score (nSPS) is 11.0. The minimum absolute atomic E-state index is 0.194. The van der Waals surface area contributed by atoms with Crippen LogP contribution in [0.4, 0.5) is 10.5 Å². The lowest BCUT2D eigenvalue weighted by molar-refractivity contribution is 0.0919. The summed E-state index contributed by atoms with van der Waals surface area (Å²) in [4.78, 5) is 29.0. The second-order valence-corrected chi connectivity index (χ2v) is 8.29. The van der Waals surface area contributed by atoms with Gasteiger partial charge in [0.1, 0.15) is 12.0 Å². The van der Waals surface area contributed by atoms with Gasteiger partial charge in [-0.15, -0.1) is 0 Å². The van der Waals surface area contributed by atoms with Crippen LogP contribution in [0.5, 0.6) is 5.75 Å². The summed E-state index contributed by atoms with van der Waals surface area (Å²) < 4.78 is 10.7.